The first kappa shape index (κ1) is 20.1. The lowest BCUT2D eigenvalue weighted by atomic mass is 9.97. The molecule has 1 aliphatic rings. The van der Waals surface area contributed by atoms with Gasteiger partial charge in [-0.05, 0) is 31.2 Å². The molecule has 28 heavy (non-hydrogen) atoms. The minimum Gasteiger partial charge on any atom is -0.490 e. The van der Waals surface area contributed by atoms with Gasteiger partial charge in [0.05, 0.1) is 26.0 Å². The van der Waals surface area contributed by atoms with E-state index in [4.69, 9.17) is 26.8 Å². The fourth-order valence-corrected chi connectivity index (χ4v) is 3.16. The van der Waals surface area contributed by atoms with E-state index in [1.54, 1.807) is 36.1 Å². The molecule has 0 aliphatic carbocycles. The van der Waals surface area contributed by atoms with E-state index >= 15 is 0 Å². The minimum atomic E-state index is -1.03. The molecule has 1 saturated heterocycles. The van der Waals surface area contributed by atoms with Gasteiger partial charge in [-0.3, -0.25) is 9.59 Å². The average Bonchev–Trinajstić information content (AvgIpc) is 3.05. The van der Waals surface area contributed by atoms with Gasteiger partial charge in [0.25, 0.3) is 0 Å². The third-order valence-corrected chi connectivity index (χ3v) is 4.73. The molecule has 2 amide bonds. The van der Waals surface area contributed by atoms with Crippen LogP contribution in [-0.2, 0) is 20.7 Å². The fourth-order valence-electron chi connectivity index (χ4n) is 3.03. The number of carbonyl (C=O) groups excluding carboxylic acids is 2. The van der Waals surface area contributed by atoms with Crippen LogP contribution in [0.4, 0.5) is 0 Å². The van der Waals surface area contributed by atoms with E-state index in [-0.39, 0.29) is 38.5 Å². The molecule has 150 valence electrons. The molecule has 1 atom stereocenters. The van der Waals surface area contributed by atoms with Crippen LogP contribution in [0.25, 0.3) is 0 Å². The fraction of sp³-hybridized carbons (Fsp3) is 0.444. The maximum atomic E-state index is 12.7. The summed E-state index contributed by atoms with van der Waals surface area (Å²) >= 11 is 5.88. The molecule has 10 heteroatoms. The maximum Gasteiger partial charge on any atom is 0.228 e. The SMILES string of the molecule is Cc1nonc1CC(=O)N1CCO[C@](COc2ccc(Cl)cc2)(CC(N)=O)C1. The zero-order valence-electron chi connectivity index (χ0n) is 15.4. The van der Waals surface area contributed by atoms with Crippen LogP contribution in [0.15, 0.2) is 28.9 Å². The van der Waals surface area contributed by atoms with Gasteiger partial charge in [-0.2, -0.15) is 0 Å². The third-order valence-electron chi connectivity index (χ3n) is 4.48. The van der Waals surface area contributed by atoms with E-state index in [9.17, 15) is 9.59 Å². The first-order chi connectivity index (χ1) is 13.4. The maximum absolute atomic E-state index is 12.7. The van der Waals surface area contributed by atoms with E-state index in [2.05, 4.69) is 14.9 Å². The van der Waals surface area contributed by atoms with E-state index in [0.717, 1.165) is 0 Å². The zero-order chi connectivity index (χ0) is 20.1. The van der Waals surface area contributed by atoms with Crippen molar-refractivity contribution in [2.75, 3.05) is 26.3 Å². The van der Waals surface area contributed by atoms with Crippen molar-refractivity contribution in [1.82, 2.24) is 15.2 Å². The van der Waals surface area contributed by atoms with E-state index in [1.165, 1.54) is 0 Å². The number of nitrogens with zero attached hydrogens (tertiary/aromatic N) is 3. The first-order valence-corrected chi connectivity index (χ1v) is 9.11. The van der Waals surface area contributed by atoms with Crippen molar-refractivity contribution < 1.29 is 23.7 Å². The van der Waals surface area contributed by atoms with Crippen molar-refractivity contribution in [1.29, 1.82) is 0 Å². The molecule has 1 fully saturated rings. The third kappa shape index (κ3) is 4.99. The lowest BCUT2D eigenvalue weighted by Crippen LogP contribution is -2.58. The van der Waals surface area contributed by atoms with Gasteiger partial charge in [0.15, 0.2) is 0 Å². The summed E-state index contributed by atoms with van der Waals surface area (Å²) in [7, 11) is 0. The molecule has 0 bridgehead atoms. The number of hydrogen-bond donors (Lipinski definition) is 1. The summed E-state index contributed by atoms with van der Waals surface area (Å²) in [5, 5.41) is 8.01. The predicted molar refractivity (Wildman–Crippen MR) is 98.8 cm³/mol. The van der Waals surface area contributed by atoms with E-state index in [0.29, 0.717) is 28.7 Å². The van der Waals surface area contributed by atoms with Crippen LogP contribution in [0.3, 0.4) is 0 Å². The molecular weight excluding hydrogens is 388 g/mol. The summed E-state index contributed by atoms with van der Waals surface area (Å²) in [6, 6.07) is 6.83. The number of rotatable bonds is 7. The van der Waals surface area contributed by atoms with Gasteiger partial charge >= 0.3 is 0 Å². The summed E-state index contributed by atoms with van der Waals surface area (Å²) in [4.78, 5) is 26.0. The zero-order valence-corrected chi connectivity index (χ0v) is 16.1. The number of carbonyl (C=O) groups is 2. The minimum absolute atomic E-state index is 0.0556. The number of aryl methyl sites for hydroxylation is 1. The number of benzene rings is 1. The Morgan fingerprint density at radius 2 is 2.07 bits per heavy atom. The molecule has 2 N–H and O–H groups in total. The van der Waals surface area contributed by atoms with Gasteiger partial charge < -0.3 is 20.1 Å². The lowest BCUT2D eigenvalue weighted by molar-refractivity contribution is -0.161. The highest BCUT2D eigenvalue weighted by molar-refractivity contribution is 6.30. The summed E-state index contributed by atoms with van der Waals surface area (Å²) in [5.74, 6) is -0.127. The lowest BCUT2D eigenvalue weighted by Gasteiger charge is -2.41. The van der Waals surface area contributed by atoms with Crippen LogP contribution in [-0.4, -0.2) is 58.9 Å². The number of ether oxygens (including phenoxy) is 2. The Morgan fingerprint density at radius 1 is 1.32 bits per heavy atom. The van der Waals surface area contributed by atoms with Gasteiger partial charge in [0.2, 0.25) is 11.8 Å². The van der Waals surface area contributed by atoms with E-state index < -0.39 is 11.5 Å². The summed E-state index contributed by atoms with van der Waals surface area (Å²) in [5.41, 5.74) is 5.44. The monoisotopic (exact) mass is 408 g/mol. The molecular formula is C18H21ClN4O5. The molecule has 1 aromatic carbocycles. The van der Waals surface area contributed by atoms with Gasteiger partial charge in [-0.15, -0.1) is 0 Å². The first-order valence-electron chi connectivity index (χ1n) is 8.73. The van der Waals surface area contributed by atoms with Crippen molar-refractivity contribution in [3.63, 3.8) is 0 Å². The second-order valence-electron chi connectivity index (χ2n) is 6.71. The van der Waals surface area contributed by atoms with Gasteiger partial charge in [-0.1, -0.05) is 21.9 Å². The van der Waals surface area contributed by atoms with Crippen LogP contribution >= 0.6 is 11.6 Å². The number of primary amides is 1. The van der Waals surface area contributed by atoms with Gasteiger partial charge in [0.1, 0.15) is 29.3 Å². The Balaban J connectivity index is 1.70. The summed E-state index contributed by atoms with van der Waals surface area (Å²) in [6.45, 7) is 2.61. The molecule has 0 saturated carbocycles. The molecule has 0 spiro atoms. The van der Waals surface area contributed by atoms with Crippen molar-refractivity contribution in [3.05, 3.63) is 40.7 Å². The van der Waals surface area contributed by atoms with Crippen LogP contribution in [0.1, 0.15) is 17.8 Å². The molecule has 0 radical (unpaired) electrons. The second kappa shape index (κ2) is 8.57. The van der Waals surface area contributed by atoms with Crippen molar-refractivity contribution in [2.45, 2.75) is 25.4 Å². The highest BCUT2D eigenvalue weighted by Gasteiger charge is 2.41. The van der Waals surface area contributed by atoms with Gasteiger partial charge in [0, 0.05) is 11.6 Å². The van der Waals surface area contributed by atoms with Crippen molar-refractivity contribution in [2.24, 2.45) is 5.73 Å². The van der Waals surface area contributed by atoms with Crippen LogP contribution < -0.4 is 10.5 Å². The number of morpholine rings is 1. The van der Waals surface area contributed by atoms with Crippen LogP contribution in [0, 0.1) is 6.92 Å². The number of hydrogen-bond acceptors (Lipinski definition) is 7. The number of aromatic nitrogens is 2. The largest absolute Gasteiger partial charge is 0.490 e. The Morgan fingerprint density at radius 3 is 2.71 bits per heavy atom. The highest BCUT2D eigenvalue weighted by Crippen LogP contribution is 2.25. The standard InChI is InChI=1S/C18H21ClN4O5/c1-12-15(22-28-21-12)8-17(25)23-6-7-27-18(10-23,9-16(20)24)11-26-14-4-2-13(19)3-5-14/h2-5H,6-11H2,1H3,(H2,20,24)/t18-/m1/s1. The predicted octanol–water partition coefficient (Wildman–Crippen LogP) is 1.13. The second-order valence-corrected chi connectivity index (χ2v) is 7.14. The Kier molecular flexibility index (Phi) is 6.15. The molecule has 2 aromatic rings. The van der Waals surface area contributed by atoms with E-state index in [1.807, 2.05) is 0 Å². The van der Waals surface area contributed by atoms with Crippen LogP contribution in [0.2, 0.25) is 5.02 Å². The molecule has 1 aromatic heterocycles. The summed E-state index contributed by atoms with van der Waals surface area (Å²) in [6.07, 6.45) is -0.0189. The van der Waals surface area contributed by atoms with Gasteiger partial charge in [-0.25, -0.2) is 4.63 Å². The number of amides is 2. The highest BCUT2D eigenvalue weighted by atomic mass is 35.5. The summed E-state index contributed by atoms with van der Waals surface area (Å²) < 4.78 is 16.3. The molecule has 2 heterocycles. The quantitative estimate of drug-likeness (QED) is 0.728. The number of nitrogens with two attached hydrogens (primary N) is 1. The smallest absolute Gasteiger partial charge is 0.228 e. The Hall–Kier alpha value is -2.65. The topological polar surface area (TPSA) is 121 Å². The normalized spacial score (nSPS) is 19.4. The van der Waals surface area contributed by atoms with Crippen molar-refractivity contribution >= 4 is 23.4 Å². The Labute approximate surface area is 166 Å². The average molecular weight is 409 g/mol. The number of halogens is 1. The molecule has 1 aliphatic heterocycles. The Bertz CT molecular complexity index is 841. The molecule has 9 nitrogen and oxygen atoms in total. The molecule has 3 rings (SSSR count). The molecule has 0 unspecified atom stereocenters. The van der Waals surface area contributed by atoms with Crippen LogP contribution in [0.5, 0.6) is 5.75 Å². The van der Waals surface area contributed by atoms with Crippen molar-refractivity contribution in [3.8, 4) is 5.75 Å².